The van der Waals surface area contributed by atoms with Crippen LogP contribution in [0.3, 0.4) is 0 Å². The van der Waals surface area contributed by atoms with Crippen LogP contribution >= 0.6 is 0 Å². The quantitative estimate of drug-likeness (QED) is 0.0960. The van der Waals surface area contributed by atoms with Gasteiger partial charge in [0.1, 0.15) is 55.5 Å². The highest BCUT2D eigenvalue weighted by atomic mass is 16.8. The zero-order chi connectivity index (χ0) is 63.8. The third kappa shape index (κ3) is 14.0. The van der Waals surface area contributed by atoms with Gasteiger partial charge in [-0.1, -0.05) is 98.9 Å². The van der Waals surface area contributed by atoms with Gasteiger partial charge in [-0.2, -0.15) is 0 Å². The number of aliphatic hydroxyl groups excluding tert-OH is 1. The van der Waals surface area contributed by atoms with Crippen LogP contribution in [-0.4, -0.2) is 190 Å². The molecule has 14 rings (SSSR count). The molecule has 6 N–H and O–H groups in total. The number of hydrogen-bond acceptors (Lipinski definition) is 17. The summed E-state index contributed by atoms with van der Waals surface area (Å²) < 4.78 is 66.4. The number of aliphatic hydroxyl groups is 1. The smallest absolute Gasteiger partial charge is 0.407 e. The van der Waals surface area contributed by atoms with E-state index in [0.29, 0.717) is 32.1 Å². The van der Waals surface area contributed by atoms with Crippen molar-refractivity contribution < 1.29 is 81.2 Å². The average molecular weight is 1270 g/mol. The van der Waals surface area contributed by atoms with Crippen molar-refractivity contribution in [2.45, 2.75) is 212 Å². The van der Waals surface area contributed by atoms with E-state index >= 15 is 0 Å². The summed E-state index contributed by atoms with van der Waals surface area (Å²) >= 11 is 0. The molecule has 20 atom stereocenters. The van der Waals surface area contributed by atoms with Crippen LogP contribution in [0.1, 0.15) is 113 Å². The fraction of sp³-hybridized carbons (Fsp3) is 0.600. The number of nitrogens with one attached hydrogen (secondary N) is 5. The lowest BCUT2D eigenvalue weighted by atomic mass is 9.81. The van der Waals surface area contributed by atoms with Gasteiger partial charge >= 0.3 is 6.09 Å². The molecule has 1 spiro atoms. The summed E-state index contributed by atoms with van der Waals surface area (Å²) in [6.07, 6.45) is 0.395. The average Bonchev–Trinajstić information content (AvgIpc) is 1.55. The fourth-order valence-electron chi connectivity index (χ4n) is 16.2. The van der Waals surface area contributed by atoms with Crippen molar-refractivity contribution in [1.82, 2.24) is 26.6 Å². The summed E-state index contributed by atoms with van der Waals surface area (Å²) in [4.78, 5) is 80.5. The first-order valence-electron chi connectivity index (χ1n) is 33.1. The van der Waals surface area contributed by atoms with Gasteiger partial charge in [0.05, 0.1) is 80.2 Å². The summed E-state index contributed by atoms with van der Waals surface area (Å²) in [5.41, 5.74) is 7.01. The number of amides is 5. The van der Waals surface area contributed by atoms with Crippen LogP contribution in [0.4, 0.5) is 4.79 Å². The summed E-state index contributed by atoms with van der Waals surface area (Å²) in [6, 6.07) is 23.7. The van der Waals surface area contributed by atoms with Crippen molar-refractivity contribution in [2.75, 3.05) is 39.9 Å². The SMILES string of the molecule is C=C1C[C@@H]2CC[C@@]34C[C@H]5OC6C(O[C@H]7CC[C@H](CC(=O)C[C@@H]8[C@@H](OC)[C@@H](C[C@H](O)CNC(=O)CNC(=O)[C@H](Cc9ccccc9)NC(=O)CNC(=O)CNC(=O)OCC9c%10ccccc%10-c%10ccccc%109)O[C@H]8C[C@H]8O[C@@H](CC[C@@H]1O2)C[C@@H](C)C8=C)O[C@@H]7[C@@H]6O3)[C@H]5O4. The number of Topliss-reactive ketones (excluding diaryl/α,β-unsaturated/α-hetero) is 1. The molecule has 2 unspecified atom stereocenters. The fourth-order valence-corrected chi connectivity index (χ4v) is 16.2. The topological polar surface area (TPSA) is 275 Å². The summed E-state index contributed by atoms with van der Waals surface area (Å²) in [7, 11) is 1.58. The molecule has 92 heavy (non-hydrogen) atoms. The molecule has 1 aliphatic carbocycles. The Bertz CT molecular complexity index is 3200. The van der Waals surface area contributed by atoms with Crippen LogP contribution in [0.2, 0.25) is 0 Å². The molecule has 10 heterocycles. The maximum absolute atomic E-state index is 14.6. The molecule has 0 saturated carbocycles. The van der Waals surface area contributed by atoms with E-state index in [1.54, 1.807) is 31.4 Å². The molecule has 3 aromatic carbocycles. The van der Waals surface area contributed by atoms with Crippen molar-refractivity contribution in [3.8, 4) is 11.1 Å². The molecule has 10 aliphatic heterocycles. The van der Waals surface area contributed by atoms with Gasteiger partial charge in [0.2, 0.25) is 23.6 Å². The van der Waals surface area contributed by atoms with Crippen LogP contribution in [0.15, 0.2) is 103 Å². The van der Waals surface area contributed by atoms with Crippen LogP contribution in [0.25, 0.3) is 11.1 Å². The second-order valence-corrected chi connectivity index (χ2v) is 27.0. The van der Waals surface area contributed by atoms with E-state index in [2.05, 4.69) is 46.7 Å². The van der Waals surface area contributed by atoms with Gasteiger partial charge < -0.3 is 79.1 Å². The highest BCUT2D eigenvalue weighted by Gasteiger charge is 2.69. The van der Waals surface area contributed by atoms with Crippen molar-refractivity contribution in [3.05, 3.63) is 120 Å². The largest absolute Gasteiger partial charge is 0.449 e. The minimum atomic E-state index is -1.15. The summed E-state index contributed by atoms with van der Waals surface area (Å²) in [5, 5.41) is 24.5. The second kappa shape index (κ2) is 27.9. The van der Waals surface area contributed by atoms with Gasteiger partial charge in [0, 0.05) is 70.4 Å². The molecule has 11 aliphatic rings. The Kier molecular flexibility index (Phi) is 19.5. The minimum absolute atomic E-state index is 0.0112. The Balaban J connectivity index is 0.607. The number of hydrogen-bond donors (Lipinski definition) is 6. The van der Waals surface area contributed by atoms with Gasteiger partial charge in [-0.25, -0.2) is 4.79 Å². The van der Waals surface area contributed by atoms with E-state index in [1.165, 1.54) is 0 Å². The molecular formula is C70H87N5O17. The van der Waals surface area contributed by atoms with Crippen LogP contribution in [0.5, 0.6) is 0 Å². The molecule has 10 saturated heterocycles. The van der Waals surface area contributed by atoms with Gasteiger partial charge in [-0.15, -0.1) is 0 Å². The highest BCUT2D eigenvalue weighted by molar-refractivity contribution is 5.92. The lowest BCUT2D eigenvalue weighted by Crippen LogP contribution is -2.61. The van der Waals surface area contributed by atoms with Crippen LogP contribution in [-0.2, 0) is 77.8 Å². The summed E-state index contributed by atoms with van der Waals surface area (Å²) in [5.74, 6) is -3.93. The van der Waals surface area contributed by atoms with E-state index in [0.717, 1.165) is 71.1 Å². The molecule has 12 bridgehead atoms. The lowest BCUT2D eigenvalue weighted by molar-refractivity contribution is -0.292. The Hall–Kier alpha value is -6.44. The monoisotopic (exact) mass is 1270 g/mol. The first-order valence-corrected chi connectivity index (χ1v) is 33.1. The molecule has 0 radical (unpaired) electrons. The number of rotatable bonds is 17. The van der Waals surface area contributed by atoms with E-state index in [-0.39, 0.29) is 111 Å². The first-order chi connectivity index (χ1) is 44.5. The predicted octanol–water partition coefficient (Wildman–Crippen LogP) is 5.09. The molecule has 0 aromatic heterocycles. The third-order valence-corrected chi connectivity index (χ3v) is 20.8. The minimum Gasteiger partial charge on any atom is -0.449 e. The maximum atomic E-state index is 14.6. The third-order valence-electron chi connectivity index (χ3n) is 20.8. The standard InChI is InChI=1S/C70H87N5O17/c1-37-24-43-18-20-53-38(2)25-45(85-53)22-23-70-31-58-64(91-70)65-66(90-58)67(92-70)63-54(89-65)21-19-44(87-63)27-41(76)28-50-56(30-55(86-43)39(37)3)88-57(62(50)83-4)29-42(77)32-71-59(78)33-73-68(81)52(26-40-12-6-5-7-13-40)75-61(80)35-72-60(79)34-74-69(82)84-36-51-48-16-10-8-14-46(48)47-15-9-11-17-49(47)51/h5-17,37,42-45,50-58,62-67,77H,2-3,18-36H2,1,4H3,(H,71,78)(H,72,79)(H,73,81)(H,74,82)(H,75,80)/t37-,42+,43+,44-,45+,50+,52+,53+,54+,55-,56+,57-,58-,62-,63+,64+,65?,66?,67+,70+/m1/s1. The van der Waals surface area contributed by atoms with Gasteiger partial charge in [-0.05, 0) is 89.8 Å². The Morgan fingerprint density at radius 1 is 0.652 bits per heavy atom. The number of benzene rings is 3. The van der Waals surface area contributed by atoms with Gasteiger partial charge in [-0.3, -0.25) is 24.0 Å². The predicted molar refractivity (Wildman–Crippen MR) is 331 cm³/mol. The molecule has 494 valence electrons. The van der Waals surface area contributed by atoms with E-state index in [1.807, 2.05) is 54.6 Å². The number of alkyl carbamates (subject to hydrolysis) is 1. The molecule has 3 aromatic rings. The van der Waals surface area contributed by atoms with Gasteiger partial charge in [0.25, 0.3) is 0 Å². The number of fused-ring (bicyclic) bond motifs is 9. The number of ketones is 1. The molecule has 22 nitrogen and oxygen atoms in total. The van der Waals surface area contributed by atoms with E-state index in [9.17, 15) is 33.9 Å². The second-order valence-electron chi connectivity index (χ2n) is 27.0. The van der Waals surface area contributed by atoms with Crippen molar-refractivity contribution >= 4 is 35.5 Å². The zero-order valence-corrected chi connectivity index (χ0v) is 52.4. The number of methoxy groups -OCH3 is 1. The van der Waals surface area contributed by atoms with Gasteiger partial charge in [0.15, 0.2) is 5.79 Å². The maximum Gasteiger partial charge on any atom is 0.407 e. The molecule has 10 fully saturated rings. The van der Waals surface area contributed by atoms with Crippen molar-refractivity contribution in [3.63, 3.8) is 0 Å². The number of carbonyl (C=O) groups is 6. The van der Waals surface area contributed by atoms with E-state index in [4.69, 9.17) is 47.4 Å². The van der Waals surface area contributed by atoms with Crippen molar-refractivity contribution in [1.29, 1.82) is 0 Å². The summed E-state index contributed by atoms with van der Waals surface area (Å²) in [6.45, 7) is 9.55. The zero-order valence-electron chi connectivity index (χ0n) is 52.4. The Morgan fingerprint density at radius 2 is 1.33 bits per heavy atom. The number of ether oxygens (including phenoxy) is 10. The highest BCUT2D eigenvalue weighted by Crippen LogP contribution is 2.55. The molecule has 5 amide bonds. The first kappa shape index (κ1) is 64.3. The van der Waals surface area contributed by atoms with Crippen molar-refractivity contribution in [2.24, 2.45) is 11.8 Å². The number of carbonyl (C=O) groups excluding carboxylic acids is 6. The Labute approximate surface area is 536 Å². The normalized spacial score (nSPS) is 35.1. The Morgan fingerprint density at radius 3 is 2.11 bits per heavy atom. The van der Waals surface area contributed by atoms with Crippen LogP contribution < -0.4 is 26.6 Å². The molecular weight excluding hydrogens is 1180 g/mol. The molecule has 22 heteroatoms. The van der Waals surface area contributed by atoms with Crippen LogP contribution in [0, 0.1) is 11.8 Å². The van der Waals surface area contributed by atoms with E-state index < -0.39 is 110 Å². The lowest BCUT2D eigenvalue weighted by Gasteiger charge is -2.47.